The van der Waals surface area contributed by atoms with Gasteiger partial charge in [0.1, 0.15) is 0 Å². The molecule has 2 heterocycles. The highest BCUT2D eigenvalue weighted by Crippen LogP contribution is 2.49. The molecule has 0 aliphatic carbocycles. The number of fused-ring (bicyclic) bond motifs is 10. The summed E-state index contributed by atoms with van der Waals surface area (Å²) in [7, 11) is 0. The summed E-state index contributed by atoms with van der Waals surface area (Å²) in [4.78, 5) is 8.29. The van der Waals surface area contributed by atoms with E-state index >= 15 is 0 Å². The third kappa shape index (κ3) is 9.49. The first-order chi connectivity index (χ1) is 31.7. The normalized spacial score (nSPS) is 12.8. The molecule has 0 atom stereocenters. The van der Waals surface area contributed by atoms with Crippen molar-refractivity contribution in [1.29, 1.82) is 0 Å². The predicted molar refractivity (Wildman–Crippen MR) is 301 cm³/mol. The Morgan fingerprint density at radius 2 is 0.662 bits per heavy atom. The van der Waals surface area contributed by atoms with Gasteiger partial charge in [0.05, 0.1) is 22.1 Å². The molecule has 0 amide bonds. The van der Waals surface area contributed by atoms with E-state index in [1.807, 2.05) is 36.4 Å². The van der Waals surface area contributed by atoms with Crippen molar-refractivity contribution in [2.24, 2.45) is 0 Å². The fourth-order valence-electron chi connectivity index (χ4n) is 9.81. The Balaban J connectivity index is 0.000000382. The maximum Gasteiger partial charge on any atom is 0.0566 e. The van der Waals surface area contributed by atoms with Crippen LogP contribution in [0.5, 0.6) is 0 Å². The van der Waals surface area contributed by atoms with E-state index < -0.39 is 0 Å². The SMILES string of the molecule is CC(C)(C)c1ccc(-c2c3[nH]c4c(C(C)(C)C)cc5ccc(C(C)(C)C)cc5c4c3cc3c2[nH]c2c(C(C)(C)C)cc4ccc(C(C)(C)C)cc4c23)cc1.Cc1ccccc1.Cc1ccccc1. The van der Waals surface area contributed by atoms with Gasteiger partial charge in [0, 0.05) is 27.1 Å². The molecule has 68 heavy (non-hydrogen) atoms. The monoisotopic (exact) mass is 897 g/mol. The van der Waals surface area contributed by atoms with Crippen LogP contribution in [0.15, 0.2) is 140 Å². The third-order valence-corrected chi connectivity index (χ3v) is 13.9. The highest BCUT2D eigenvalue weighted by molar-refractivity contribution is 6.32. The molecule has 0 fully saturated rings. The molecule has 10 rings (SSSR count). The molecule has 0 aliphatic rings. The molecule has 0 saturated carbocycles. The van der Waals surface area contributed by atoms with Crippen molar-refractivity contribution in [1.82, 2.24) is 9.97 Å². The van der Waals surface area contributed by atoms with Gasteiger partial charge in [-0.25, -0.2) is 0 Å². The van der Waals surface area contributed by atoms with Crippen molar-refractivity contribution in [3.05, 3.63) is 178 Å². The number of nitrogens with one attached hydrogen (secondary N) is 2. The van der Waals surface area contributed by atoms with Crippen LogP contribution in [0.25, 0.3) is 76.3 Å². The quantitative estimate of drug-likeness (QED) is 0.165. The topological polar surface area (TPSA) is 31.6 Å². The first-order valence-electron chi connectivity index (χ1n) is 24.9. The molecule has 2 N–H and O–H groups in total. The highest BCUT2D eigenvalue weighted by atomic mass is 14.8. The number of hydrogen-bond donors (Lipinski definition) is 2. The van der Waals surface area contributed by atoms with E-state index in [9.17, 15) is 0 Å². The Morgan fingerprint density at radius 3 is 0.971 bits per heavy atom. The van der Waals surface area contributed by atoms with E-state index in [-0.39, 0.29) is 27.1 Å². The van der Waals surface area contributed by atoms with E-state index in [0.717, 1.165) is 0 Å². The van der Waals surface area contributed by atoms with Crippen LogP contribution >= 0.6 is 0 Å². The van der Waals surface area contributed by atoms with Gasteiger partial charge in [0.25, 0.3) is 0 Å². The average Bonchev–Trinajstić information content (AvgIpc) is 3.83. The number of hydrogen-bond acceptors (Lipinski definition) is 0. The van der Waals surface area contributed by atoms with Gasteiger partial charge in [-0.15, -0.1) is 0 Å². The van der Waals surface area contributed by atoms with Crippen molar-refractivity contribution in [2.75, 3.05) is 0 Å². The molecule has 0 spiro atoms. The molecule has 0 radical (unpaired) electrons. The zero-order valence-corrected chi connectivity index (χ0v) is 44.3. The van der Waals surface area contributed by atoms with E-state index in [4.69, 9.17) is 0 Å². The molecule has 350 valence electrons. The maximum atomic E-state index is 4.14. The van der Waals surface area contributed by atoms with Gasteiger partial charge in [-0.2, -0.15) is 0 Å². The lowest BCUT2D eigenvalue weighted by Gasteiger charge is -2.23. The second-order valence-corrected chi connectivity index (χ2v) is 24.7. The molecule has 0 aliphatic heterocycles. The fourth-order valence-corrected chi connectivity index (χ4v) is 9.81. The Hall–Kier alpha value is -6.12. The summed E-state index contributed by atoms with van der Waals surface area (Å²) >= 11 is 0. The Kier molecular flexibility index (Phi) is 12.4. The third-order valence-electron chi connectivity index (χ3n) is 13.9. The van der Waals surface area contributed by atoms with Crippen molar-refractivity contribution in [3.8, 4) is 11.1 Å². The van der Waals surface area contributed by atoms with Crippen molar-refractivity contribution in [2.45, 2.75) is 145 Å². The van der Waals surface area contributed by atoms with Crippen LogP contribution in [0, 0.1) is 13.8 Å². The van der Waals surface area contributed by atoms with Gasteiger partial charge in [-0.05, 0) is 126 Å². The van der Waals surface area contributed by atoms with Gasteiger partial charge < -0.3 is 9.97 Å². The van der Waals surface area contributed by atoms with Crippen LogP contribution in [-0.2, 0) is 27.1 Å². The molecule has 2 heteroatoms. The summed E-state index contributed by atoms with van der Waals surface area (Å²) in [6.45, 7) is 39.1. The van der Waals surface area contributed by atoms with Crippen LogP contribution in [0.4, 0.5) is 0 Å². The minimum atomic E-state index is -0.0563. The average molecular weight is 897 g/mol. The molecule has 0 bridgehead atoms. The maximum absolute atomic E-state index is 4.14. The number of aromatic nitrogens is 2. The molecule has 0 saturated heterocycles. The van der Waals surface area contributed by atoms with Crippen molar-refractivity contribution < 1.29 is 0 Å². The Bertz CT molecular complexity index is 3230. The molecule has 10 aromatic rings. The van der Waals surface area contributed by atoms with Gasteiger partial charge in [0.15, 0.2) is 0 Å². The van der Waals surface area contributed by atoms with Crippen LogP contribution < -0.4 is 0 Å². The van der Waals surface area contributed by atoms with Gasteiger partial charge in [-0.1, -0.05) is 224 Å². The van der Waals surface area contributed by atoms with Gasteiger partial charge >= 0.3 is 0 Å². The van der Waals surface area contributed by atoms with Crippen molar-refractivity contribution >= 4 is 65.2 Å². The zero-order valence-electron chi connectivity index (χ0n) is 44.3. The lowest BCUT2D eigenvalue weighted by Crippen LogP contribution is -2.13. The number of benzene rings is 8. The van der Waals surface area contributed by atoms with E-state index in [1.54, 1.807) is 0 Å². The molecule has 2 aromatic heterocycles. The lowest BCUT2D eigenvalue weighted by atomic mass is 9.81. The van der Waals surface area contributed by atoms with Crippen LogP contribution in [-0.4, -0.2) is 9.97 Å². The lowest BCUT2D eigenvalue weighted by molar-refractivity contribution is 0.590. The van der Waals surface area contributed by atoms with E-state index in [2.05, 4.69) is 231 Å². The summed E-state index contributed by atoms with van der Waals surface area (Å²) in [6.07, 6.45) is 0. The second-order valence-electron chi connectivity index (χ2n) is 24.7. The summed E-state index contributed by atoms with van der Waals surface area (Å²) in [6, 6.07) is 51.6. The number of aromatic amines is 2. The fraction of sp³-hybridized carbons (Fsp3) is 0.333. The van der Waals surface area contributed by atoms with Gasteiger partial charge in [-0.3, -0.25) is 0 Å². The van der Waals surface area contributed by atoms with Crippen LogP contribution in [0.2, 0.25) is 0 Å². The molecule has 8 aromatic carbocycles. The minimum absolute atomic E-state index is 0.0342. The molecule has 0 unspecified atom stereocenters. The van der Waals surface area contributed by atoms with E-state index in [1.165, 1.54) is 115 Å². The Morgan fingerprint density at radius 1 is 0.309 bits per heavy atom. The largest absolute Gasteiger partial charge is 0.354 e. The standard InChI is InChI=1S/C52H60N2.2C7H8/c1-48(2,3)32-20-16-29(17-21-32)41-44-37(42-35-26-33(49(4,5)6)22-18-30(35)24-39(46(42)53-44)51(10,11)12)28-38-43-36-27-34(50(7,8)9)23-19-31(36)25-40(52(13,14)15)47(43)54-45(38)41;2*1-7-5-3-2-4-6-7/h16-28,53-54H,1-15H3;2*2-6H,1H3. The highest BCUT2D eigenvalue weighted by Gasteiger charge is 2.28. The first kappa shape index (κ1) is 48.3. The van der Waals surface area contributed by atoms with E-state index in [0.29, 0.717) is 0 Å². The molecular weight excluding hydrogens is 821 g/mol. The summed E-state index contributed by atoms with van der Waals surface area (Å²) in [5.41, 5.74) is 16.8. The Labute approximate surface area is 407 Å². The molecule has 2 nitrogen and oxygen atoms in total. The molecular formula is C66H76N2. The number of aryl methyl sites for hydroxylation is 2. The second kappa shape index (κ2) is 17.4. The van der Waals surface area contributed by atoms with Crippen LogP contribution in [0.1, 0.15) is 143 Å². The smallest absolute Gasteiger partial charge is 0.0566 e. The number of H-pyrrole nitrogens is 2. The summed E-state index contributed by atoms with van der Waals surface area (Å²) in [5, 5.41) is 10.5. The predicted octanol–water partition coefficient (Wildman–Crippen LogP) is 19.4. The summed E-state index contributed by atoms with van der Waals surface area (Å²) in [5.74, 6) is 0. The minimum Gasteiger partial charge on any atom is -0.354 e. The van der Waals surface area contributed by atoms with Crippen LogP contribution in [0.3, 0.4) is 0 Å². The van der Waals surface area contributed by atoms with Crippen molar-refractivity contribution in [3.63, 3.8) is 0 Å². The summed E-state index contributed by atoms with van der Waals surface area (Å²) < 4.78 is 0. The first-order valence-corrected chi connectivity index (χ1v) is 24.9. The zero-order chi connectivity index (χ0) is 49.3. The number of rotatable bonds is 1. The van der Waals surface area contributed by atoms with Gasteiger partial charge in [0.2, 0.25) is 0 Å².